The summed E-state index contributed by atoms with van der Waals surface area (Å²) in [6, 6.07) is 25.8. The van der Waals surface area contributed by atoms with Gasteiger partial charge in [0, 0.05) is 10.8 Å². The molecular formula is C20H14O2S. The first-order valence-corrected chi connectivity index (χ1v) is 8.48. The van der Waals surface area contributed by atoms with Gasteiger partial charge in [-0.2, -0.15) is 0 Å². The molecule has 1 unspecified atom stereocenters. The Morgan fingerprint density at radius 3 is 1.52 bits per heavy atom. The Morgan fingerprint density at radius 1 is 0.609 bits per heavy atom. The van der Waals surface area contributed by atoms with Gasteiger partial charge in [-0.1, -0.05) is 78.9 Å². The first kappa shape index (κ1) is 14.1. The molecule has 1 N–H and O–H groups in total. The fourth-order valence-corrected chi connectivity index (χ4v) is 3.92. The topological polar surface area (TPSA) is 37.3 Å². The van der Waals surface area contributed by atoms with Gasteiger partial charge >= 0.3 is 0 Å². The van der Waals surface area contributed by atoms with Crippen LogP contribution in [0, 0.1) is 0 Å². The lowest BCUT2D eigenvalue weighted by Crippen LogP contribution is -1.95. The molecule has 23 heavy (non-hydrogen) atoms. The summed E-state index contributed by atoms with van der Waals surface area (Å²) < 4.78 is 21.8. The minimum Gasteiger partial charge on any atom is -0.302 e. The Kier molecular flexibility index (Phi) is 3.45. The van der Waals surface area contributed by atoms with Crippen molar-refractivity contribution in [1.82, 2.24) is 0 Å². The molecule has 2 nitrogen and oxygen atoms in total. The SMILES string of the molecule is O=S(O)c1c2ccccc2c(-c2ccccc2)c2ccccc12. The normalized spacial score (nSPS) is 12.6. The molecule has 4 rings (SSSR count). The molecular weight excluding hydrogens is 304 g/mol. The second-order valence-electron chi connectivity index (χ2n) is 5.41. The van der Waals surface area contributed by atoms with E-state index < -0.39 is 11.1 Å². The lowest BCUT2D eigenvalue weighted by atomic mass is 9.92. The van der Waals surface area contributed by atoms with E-state index >= 15 is 0 Å². The van der Waals surface area contributed by atoms with Gasteiger partial charge in [-0.05, 0) is 21.9 Å². The third-order valence-electron chi connectivity index (χ3n) is 4.12. The number of fused-ring (bicyclic) bond motifs is 2. The molecule has 0 aliphatic carbocycles. The van der Waals surface area contributed by atoms with Crippen LogP contribution in [0.3, 0.4) is 0 Å². The Hall–Kier alpha value is -2.49. The Morgan fingerprint density at radius 2 is 1.04 bits per heavy atom. The zero-order valence-electron chi connectivity index (χ0n) is 12.3. The van der Waals surface area contributed by atoms with Gasteiger partial charge in [-0.25, -0.2) is 4.21 Å². The molecule has 0 aliphatic heterocycles. The van der Waals surface area contributed by atoms with E-state index in [1.807, 2.05) is 66.7 Å². The highest BCUT2D eigenvalue weighted by molar-refractivity contribution is 7.79. The summed E-state index contributed by atoms with van der Waals surface area (Å²) in [4.78, 5) is 0.482. The summed E-state index contributed by atoms with van der Waals surface area (Å²) in [5.74, 6) is 0. The Bertz CT molecular complexity index is 982. The van der Waals surface area contributed by atoms with Crippen molar-refractivity contribution in [2.24, 2.45) is 0 Å². The molecule has 0 fully saturated rings. The van der Waals surface area contributed by atoms with E-state index in [-0.39, 0.29) is 0 Å². The van der Waals surface area contributed by atoms with Crippen LogP contribution in [-0.4, -0.2) is 8.76 Å². The molecule has 0 saturated heterocycles. The lowest BCUT2D eigenvalue weighted by molar-refractivity contribution is 0.566. The van der Waals surface area contributed by atoms with Crippen molar-refractivity contribution >= 4 is 32.6 Å². The molecule has 112 valence electrons. The summed E-state index contributed by atoms with van der Waals surface area (Å²) in [5, 5.41) is 3.64. The van der Waals surface area contributed by atoms with E-state index in [9.17, 15) is 8.76 Å². The molecule has 0 aromatic heterocycles. The van der Waals surface area contributed by atoms with E-state index in [0.29, 0.717) is 4.90 Å². The largest absolute Gasteiger partial charge is 0.302 e. The van der Waals surface area contributed by atoms with Gasteiger partial charge in [0.15, 0.2) is 11.1 Å². The van der Waals surface area contributed by atoms with Crippen LogP contribution >= 0.6 is 0 Å². The molecule has 0 aliphatic rings. The van der Waals surface area contributed by atoms with Crippen LogP contribution in [0.2, 0.25) is 0 Å². The first-order valence-electron chi connectivity index (χ1n) is 7.37. The number of rotatable bonds is 2. The van der Waals surface area contributed by atoms with Crippen molar-refractivity contribution in [2.45, 2.75) is 4.90 Å². The molecule has 0 radical (unpaired) electrons. The van der Waals surface area contributed by atoms with Gasteiger partial charge in [0.05, 0.1) is 4.90 Å². The summed E-state index contributed by atoms with van der Waals surface area (Å²) in [7, 11) is 0. The first-order chi connectivity index (χ1) is 11.3. The number of benzene rings is 4. The van der Waals surface area contributed by atoms with Gasteiger partial charge < -0.3 is 4.55 Å². The second kappa shape index (κ2) is 5.61. The third-order valence-corrected chi connectivity index (χ3v) is 4.91. The van der Waals surface area contributed by atoms with Crippen molar-refractivity contribution < 1.29 is 8.76 Å². The molecule has 1 atom stereocenters. The third kappa shape index (κ3) is 2.25. The zero-order valence-corrected chi connectivity index (χ0v) is 13.1. The van der Waals surface area contributed by atoms with Crippen LogP contribution in [0.1, 0.15) is 0 Å². The van der Waals surface area contributed by atoms with Crippen LogP contribution in [-0.2, 0) is 11.1 Å². The highest BCUT2D eigenvalue weighted by Gasteiger charge is 2.17. The van der Waals surface area contributed by atoms with Crippen LogP contribution in [0.25, 0.3) is 32.7 Å². The highest BCUT2D eigenvalue weighted by atomic mass is 32.2. The summed E-state index contributed by atoms with van der Waals surface area (Å²) in [6.07, 6.45) is 0. The molecule has 0 bridgehead atoms. The van der Waals surface area contributed by atoms with Crippen LogP contribution < -0.4 is 0 Å². The average Bonchev–Trinajstić information content (AvgIpc) is 2.59. The maximum absolute atomic E-state index is 12.0. The molecule has 0 spiro atoms. The van der Waals surface area contributed by atoms with Crippen LogP contribution in [0.5, 0.6) is 0 Å². The monoisotopic (exact) mass is 318 g/mol. The quantitative estimate of drug-likeness (QED) is 0.405. The number of hydrogen-bond donors (Lipinski definition) is 1. The predicted octanol–water partition coefficient (Wildman–Crippen LogP) is 5.24. The van der Waals surface area contributed by atoms with Gasteiger partial charge in [0.25, 0.3) is 0 Å². The van der Waals surface area contributed by atoms with Crippen molar-refractivity contribution in [1.29, 1.82) is 0 Å². The van der Waals surface area contributed by atoms with Crippen LogP contribution in [0.4, 0.5) is 0 Å². The van der Waals surface area contributed by atoms with Crippen LogP contribution in [0.15, 0.2) is 83.8 Å². The molecule has 4 aromatic carbocycles. The molecule has 0 amide bonds. The summed E-state index contributed by atoms with van der Waals surface area (Å²) in [6.45, 7) is 0. The van der Waals surface area contributed by atoms with E-state index in [4.69, 9.17) is 0 Å². The van der Waals surface area contributed by atoms with E-state index in [1.165, 1.54) is 0 Å². The molecule has 0 saturated carbocycles. The molecule has 0 heterocycles. The van der Waals surface area contributed by atoms with Crippen molar-refractivity contribution in [3.05, 3.63) is 78.9 Å². The summed E-state index contributed by atoms with van der Waals surface area (Å²) >= 11 is -2.04. The zero-order chi connectivity index (χ0) is 15.8. The summed E-state index contributed by atoms with van der Waals surface area (Å²) in [5.41, 5.74) is 2.21. The Balaban J connectivity index is 2.30. The number of hydrogen-bond acceptors (Lipinski definition) is 1. The minimum atomic E-state index is -2.04. The fourth-order valence-electron chi connectivity index (χ4n) is 3.19. The predicted molar refractivity (Wildman–Crippen MR) is 95.9 cm³/mol. The van der Waals surface area contributed by atoms with E-state index in [1.54, 1.807) is 0 Å². The maximum atomic E-state index is 12.0. The van der Waals surface area contributed by atoms with Gasteiger partial charge in [-0.3, -0.25) is 0 Å². The van der Waals surface area contributed by atoms with Crippen molar-refractivity contribution in [3.8, 4) is 11.1 Å². The smallest absolute Gasteiger partial charge is 0.187 e. The minimum absolute atomic E-state index is 0.482. The van der Waals surface area contributed by atoms with Crippen molar-refractivity contribution in [2.75, 3.05) is 0 Å². The average molecular weight is 318 g/mol. The highest BCUT2D eigenvalue weighted by Crippen LogP contribution is 2.40. The second-order valence-corrected chi connectivity index (χ2v) is 6.32. The van der Waals surface area contributed by atoms with E-state index in [0.717, 1.165) is 32.7 Å². The molecule has 3 heteroatoms. The molecule has 4 aromatic rings. The Labute approximate surface area is 136 Å². The van der Waals surface area contributed by atoms with Gasteiger partial charge in [0.1, 0.15) is 0 Å². The van der Waals surface area contributed by atoms with E-state index in [2.05, 4.69) is 12.1 Å². The van der Waals surface area contributed by atoms with Gasteiger partial charge in [0.2, 0.25) is 0 Å². The lowest BCUT2D eigenvalue weighted by Gasteiger charge is -2.15. The standard InChI is InChI=1S/C20H14O2S/c21-23(22)20-17-12-6-4-10-15(17)19(14-8-2-1-3-9-14)16-11-5-7-13-18(16)20/h1-13H,(H,21,22). The van der Waals surface area contributed by atoms with Crippen molar-refractivity contribution in [3.63, 3.8) is 0 Å². The van der Waals surface area contributed by atoms with Gasteiger partial charge in [-0.15, -0.1) is 0 Å². The maximum Gasteiger partial charge on any atom is 0.187 e. The fraction of sp³-hybridized carbons (Fsp3) is 0.